The Labute approximate surface area is 122 Å². The summed E-state index contributed by atoms with van der Waals surface area (Å²) in [4.78, 5) is 9.09. The van der Waals surface area contributed by atoms with Crippen LogP contribution in [0.15, 0.2) is 48.5 Å². The fraction of sp³-hybridized carbons (Fsp3) is 0.125. The largest absolute Gasteiger partial charge is 0.477 e. The van der Waals surface area contributed by atoms with Gasteiger partial charge in [0, 0.05) is 10.6 Å². The highest BCUT2D eigenvalue weighted by molar-refractivity contribution is 6.31. The molecule has 2 aromatic carbocycles. The zero-order valence-electron chi connectivity index (χ0n) is 11.0. The molecule has 0 saturated carbocycles. The number of ether oxygens (including phenoxy) is 1. The quantitative estimate of drug-likeness (QED) is 0.717. The number of nitrogens with zero attached hydrogens (tertiary/aromatic N) is 2. The molecular formula is C16H13ClN2O. The van der Waals surface area contributed by atoms with Gasteiger partial charge in [-0.05, 0) is 25.1 Å². The van der Waals surface area contributed by atoms with Gasteiger partial charge in [0.1, 0.15) is 0 Å². The molecule has 100 valence electrons. The minimum Gasteiger partial charge on any atom is -0.477 e. The molecule has 1 heterocycles. The van der Waals surface area contributed by atoms with Crippen molar-refractivity contribution in [3.05, 3.63) is 53.6 Å². The average molecular weight is 285 g/mol. The van der Waals surface area contributed by atoms with Crippen LogP contribution in [0.1, 0.15) is 6.92 Å². The van der Waals surface area contributed by atoms with Crippen molar-refractivity contribution in [3.63, 3.8) is 0 Å². The van der Waals surface area contributed by atoms with Crippen molar-refractivity contribution in [1.29, 1.82) is 0 Å². The first-order chi connectivity index (χ1) is 9.78. The SMILES string of the molecule is CCOc1nc(-c2ccccc2)nc2ccc(Cl)cc12. The number of halogens is 1. The summed E-state index contributed by atoms with van der Waals surface area (Å²) < 4.78 is 5.63. The highest BCUT2D eigenvalue weighted by atomic mass is 35.5. The standard InChI is InChI=1S/C16H13ClN2O/c1-2-20-16-13-10-12(17)8-9-14(13)18-15(19-16)11-6-4-3-5-7-11/h3-10H,2H2,1H3. The Bertz CT molecular complexity index is 744. The Morgan fingerprint density at radius 1 is 1.05 bits per heavy atom. The van der Waals surface area contributed by atoms with Crippen molar-refractivity contribution in [2.45, 2.75) is 6.92 Å². The van der Waals surface area contributed by atoms with Gasteiger partial charge in [0.2, 0.25) is 5.88 Å². The van der Waals surface area contributed by atoms with Crippen LogP contribution in [0.25, 0.3) is 22.3 Å². The van der Waals surface area contributed by atoms with Crippen LogP contribution < -0.4 is 4.74 Å². The van der Waals surface area contributed by atoms with Gasteiger partial charge in [-0.3, -0.25) is 0 Å². The van der Waals surface area contributed by atoms with E-state index in [0.717, 1.165) is 16.5 Å². The molecule has 0 radical (unpaired) electrons. The third kappa shape index (κ3) is 2.45. The Balaban J connectivity index is 2.23. The van der Waals surface area contributed by atoms with Gasteiger partial charge >= 0.3 is 0 Å². The molecule has 0 spiro atoms. The van der Waals surface area contributed by atoms with Crippen molar-refractivity contribution < 1.29 is 4.74 Å². The van der Waals surface area contributed by atoms with Gasteiger partial charge in [-0.2, -0.15) is 4.98 Å². The van der Waals surface area contributed by atoms with Crippen LogP contribution >= 0.6 is 11.6 Å². The van der Waals surface area contributed by atoms with Gasteiger partial charge in [0.15, 0.2) is 5.82 Å². The molecule has 20 heavy (non-hydrogen) atoms. The highest BCUT2D eigenvalue weighted by Crippen LogP contribution is 2.28. The van der Waals surface area contributed by atoms with Gasteiger partial charge < -0.3 is 4.74 Å². The first-order valence-corrected chi connectivity index (χ1v) is 6.81. The lowest BCUT2D eigenvalue weighted by Gasteiger charge is -2.09. The van der Waals surface area contributed by atoms with Crippen LogP contribution in [0, 0.1) is 0 Å². The molecule has 0 aliphatic heterocycles. The van der Waals surface area contributed by atoms with E-state index in [4.69, 9.17) is 16.3 Å². The maximum absolute atomic E-state index is 6.04. The summed E-state index contributed by atoms with van der Waals surface area (Å²) in [5.41, 5.74) is 1.79. The molecule has 0 unspecified atom stereocenters. The molecule has 0 amide bonds. The predicted molar refractivity (Wildman–Crippen MR) is 81.2 cm³/mol. The van der Waals surface area contributed by atoms with Crippen LogP contribution in [0.5, 0.6) is 5.88 Å². The minimum absolute atomic E-state index is 0.548. The van der Waals surface area contributed by atoms with Crippen LogP contribution in [0.3, 0.4) is 0 Å². The highest BCUT2D eigenvalue weighted by Gasteiger charge is 2.10. The molecule has 0 N–H and O–H groups in total. The van der Waals surface area contributed by atoms with E-state index in [0.29, 0.717) is 23.3 Å². The van der Waals surface area contributed by atoms with E-state index >= 15 is 0 Å². The first kappa shape index (κ1) is 12.9. The average Bonchev–Trinajstić information content (AvgIpc) is 2.49. The number of hydrogen-bond acceptors (Lipinski definition) is 3. The number of aromatic nitrogens is 2. The van der Waals surface area contributed by atoms with E-state index in [2.05, 4.69) is 9.97 Å². The van der Waals surface area contributed by atoms with E-state index in [-0.39, 0.29) is 0 Å². The van der Waals surface area contributed by atoms with E-state index in [1.807, 2.05) is 55.5 Å². The maximum Gasteiger partial charge on any atom is 0.225 e. The summed E-state index contributed by atoms with van der Waals surface area (Å²) in [6.07, 6.45) is 0. The Morgan fingerprint density at radius 2 is 1.85 bits per heavy atom. The van der Waals surface area contributed by atoms with Crippen molar-refractivity contribution in [2.24, 2.45) is 0 Å². The topological polar surface area (TPSA) is 35.0 Å². The molecule has 3 nitrogen and oxygen atoms in total. The van der Waals surface area contributed by atoms with E-state index in [1.54, 1.807) is 0 Å². The Morgan fingerprint density at radius 3 is 2.60 bits per heavy atom. The first-order valence-electron chi connectivity index (χ1n) is 6.43. The third-order valence-electron chi connectivity index (χ3n) is 2.94. The summed E-state index contributed by atoms with van der Waals surface area (Å²) in [6.45, 7) is 2.48. The molecule has 0 saturated heterocycles. The van der Waals surface area contributed by atoms with Gasteiger partial charge in [-0.15, -0.1) is 0 Å². The number of benzene rings is 2. The lowest BCUT2D eigenvalue weighted by Crippen LogP contribution is -1.99. The molecule has 0 aliphatic rings. The van der Waals surface area contributed by atoms with Crippen LogP contribution in [0.2, 0.25) is 5.02 Å². The second kappa shape index (κ2) is 5.47. The molecule has 4 heteroatoms. The van der Waals surface area contributed by atoms with Gasteiger partial charge in [0.05, 0.1) is 17.5 Å². The summed E-state index contributed by atoms with van der Waals surface area (Å²) in [5, 5.41) is 1.48. The Kier molecular flexibility index (Phi) is 3.52. The maximum atomic E-state index is 6.04. The minimum atomic E-state index is 0.548. The zero-order valence-corrected chi connectivity index (χ0v) is 11.8. The molecule has 3 rings (SSSR count). The molecule has 0 bridgehead atoms. The molecule has 1 aromatic heterocycles. The zero-order chi connectivity index (χ0) is 13.9. The van der Waals surface area contributed by atoms with E-state index in [1.165, 1.54) is 0 Å². The predicted octanol–water partition coefficient (Wildman–Crippen LogP) is 4.35. The molecule has 0 fully saturated rings. The van der Waals surface area contributed by atoms with Gasteiger partial charge in [-0.1, -0.05) is 41.9 Å². The van der Waals surface area contributed by atoms with Crippen LogP contribution in [0.4, 0.5) is 0 Å². The summed E-state index contributed by atoms with van der Waals surface area (Å²) in [7, 11) is 0. The molecule has 3 aromatic rings. The molecule has 0 aliphatic carbocycles. The fourth-order valence-electron chi connectivity index (χ4n) is 2.04. The number of fused-ring (bicyclic) bond motifs is 1. The van der Waals surface area contributed by atoms with E-state index in [9.17, 15) is 0 Å². The van der Waals surface area contributed by atoms with Crippen LogP contribution in [-0.4, -0.2) is 16.6 Å². The van der Waals surface area contributed by atoms with Crippen molar-refractivity contribution in [1.82, 2.24) is 9.97 Å². The second-order valence-electron chi connectivity index (χ2n) is 4.31. The Hall–Kier alpha value is -2.13. The normalized spacial score (nSPS) is 10.7. The number of rotatable bonds is 3. The smallest absolute Gasteiger partial charge is 0.225 e. The molecule has 0 atom stereocenters. The lowest BCUT2D eigenvalue weighted by atomic mass is 10.2. The summed E-state index contributed by atoms with van der Waals surface area (Å²) in [6, 6.07) is 15.4. The van der Waals surface area contributed by atoms with Crippen molar-refractivity contribution in [2.75, 3.05) is 6.61 Å². The summed E-state index contributed by atoms with van der Waals surface area (Å²) >= 11 is 6.04. The molecular weight excluding hydrogens is 272 g/mol. The van der Waals surface area contributed by atoms with Crippen LogP contribution in [-0.2, 0) is 0 Å². The fourth-order valence-corrected chi connectivity index (χ4v) is 2.21. The van der Waals surface area contributed by atoms with Crippen molar-refractivity contribution >= 4 is 22.5 Å². The summed E-state index contributed by atoms with van der Waals surface area (Å²) in [5.74, 6) is 1.22. The third-order valence-corrected chi connectivity index (χ3v) is 3.17. The second-order valence-corrected chi connectivity index (χ2v) is 4.75. The van der Waals surface area contributed by atoms with Gasteiger partial charge in [0.25, 0.3) is 0 Å². The van der Waals surface area contributed by atoms with Gasteiger partial charge in [-0.25, -0.2) is 4.98 Å². The van der Waals surface area contributed by atoms with Crippen molar-refractivity contribution in [3.8, 4) is 17.3 Å². The monoisotopic (exact) mass is 284 g/mol. The lowest BCUT2D eigenvalue weighted by molar-refractivity contribution is 0.331. The van der Waals surface area contributed by atoms with E-state index < -0.39 is 0 Å². The number of hydrogen-bond donors (Lipinski definition) is 0.